The van der Waals surface area contributed by atoms with Crippen LogP contribution < -0.4 is 0 Å². The van der Waals surface area contributed by atoms with Crippen LogP contribution in [0.3, 0.4) is 0 Å². The van der Waals surface area contributed by atoms with Crippen molar-refractivity contribution < 1.29 is 8.42 Å². The van der Waals surface area contributed by atoms with Gasteiger partial charge in [0.2, 0.25) is 0 Å². The van der Waals surface area contributed by atoms with Gasteiger partial charge < -0.3 is 0 Å². The first kappa shape index (κ1) is 11.6. The zero-order chi connectivity index (χ0) is 10.2. The molecule has 0 radical (unpaired) electrons. The van der Waals surface area contributed by atoms with E-state index in [1.807, 2.05) is 0 Å². The Kier molecular flexibility index (Phi) is 3.52. The summed E-state index contributed by atoms with van der Waals surface area (Å²) in [6.45, 7) is 0. The third-order valence-corrected chi connectivity index (χ3v) is 4.44. The highest BCUT2D eigenvalue weighted by Crippen LogP contribution is 2.36. The monoisotopic (exact) mass is 322 g/mol. The molecule has 0 heterocycles. The number of hydrogen-bond acceptors (Lipinski definition) is 2. The van der Waals surface area contributed by atoms with Crippen molar-refractivity contribution in [2.24, 2.45) is 0 Å². The van der Waals surface area contributed by atoms with Gasteiger partial charge in [0.15, 0.2) is 0 Å². The van der Waals surface area contributed by atoms with Crippen LogP contribution >= 0.6 is 49.8 Å². The van der Waals surface area contributed by atoms with Crippen LogP contribution in [0.4, 0.5) is 0 Å². The fraction of sp³-hybridized carbons (Fsp3) is 0. The molecule has 0 saturated carbocycles. The first-order valence-electron chi connectivity index (χ1n) is 2.92. The average Bonchev–Trinajstić information content (AvgIpc) is 1.95. The van der Waals surface area contributed by atoms with E-state index in [0.717, 1.165) is 0 Å². The number of halogens is 4. The maximum atomic E-state index is 11.0. The lowest BCUT2D eigenvalue weighted by molar-refractivity contribution is 0.609. The van der Waals surface area contributed by atoms with E-state index in [9.17, 15) is 8.42 Å². The number of rotatable bonds is 1. The predicted octanol–water partition coefficient (Wildman–Crippen LogP) is 3.68. The summed E-state index contributed by atoms with van der Waals surface area (Å²) in [4.78, 5) is -0.271. The van der Waals surface area contributed by atoms with Crippen molar-refractivity contribution in [1.82, 2.24) is 0 Å². The van der Waals surface area contributed by atoms with Gasteiger partial charge in [-0.15, -0.1) is 0 Å². The molecule has 0 bridgehead atoms. The topological polar surface area (TPSA) is 34.1 Å². The highest BCUT2D eigenvalue weighted by molar-refractivity contribution is 9.10. The molecule has 1 aromatic carbocycles. The van der Waals surface area contributed by atoms with Crippen molar-refractivity contribution in [2.75, 3.05) is 0 Å². The van der Waals surface area contributed by atoms with Gasteiger partial charge in [-0.05, 0) is 28.1 Å². The molecular weight excluding hydrogens is 322 g/mol. The van der Waals surface area contributed by atoms with E-state index in [1.165, 1.54) is 12.1 Å². The van der Waals surface area contributed by atoms with E-state index in [4.69, 9.17) is 33.9 Å². The number of benzene rings is 1. The fourth-order valence-corrected chi connectivity index (χ4v) is 3.52. The Hall–Kier alpha value is 0.520. The molecule has 0 atom stereocenters. The maximum Gasteiger partial charge on any atom is 0.264 e. The van der Waals surface area contributed by atoms with Crippen molar-refractivity contribution in [3.05, 3.63) is 26.7 Å². The molecule has 0 aliphatic rings. The molecule has 0 spiro atoms. The molecule has 0 amide bonds. The van der Waals surface area contributed by atoms with Gasteiger partial charge in [0.05, 0.1) is 10.0 Å². The molecule has 2 nitrogen and oxygen atoms in total. The molecule has 72 valence electrons. The van der Waals surface area contributed by atoms with Crippen molar-refractivity contribution >= 4 is 58.9 Å². The van der Waals surface area contributed by atoms with Crippen molar-refractivity contribution in [3.63, 3.8) is 0 Å². The van der Waals surface area contributed by atoms with Gasteiger partial charge in [-0.2, -0.15) is 0 Å². The second kappa shape index (κ2) is 3.95. The molecule has 0 unspecified atom stereocenters. The lowest BCUT2D eigenvalue weighted by atomic mass is 10.4. The van der Waals surface area contributed by atoms with E-state index in [2.05, 4.69) is 15.9 Å². The van der Waals surface area contributed by atoms with Crippen molar-refractivity contribution in [1.29, 1.82) is 0 Å². The van der Waals surface area contributed by atoms with Gasteiger partial charge in [0.25, 0.3) is 9.05 Å². The Balaban J connectivity index is 3.62. The molecule has 0 fully saturated rings. The molecule has 0 N–H and O–H groups in total. The highest BCUT2D eigenvalue weighted by atomic mass is 79.9. The first-order chi connectivity index (χ1) is 5.84. The summed E-state index contributed by atoms with van der Waals surface area (Å²) in [7, 11) is 1.22. The molecular formula is C6H2BrCl3O2S. The second-order valence-electron chi connectivity index (χ2n) is 2.11. The molecule has 0 aliphatic carbocycles. The smallest absolute Gasteiger partial charge is 0.207 e. The highest BCUT2D eigenvalue weighted by Gasteiger charge is 2.20. The quantitative estimate of drug-likeness (QED) is 0.583. The van der Waals surface area contributed by atoms with Crippen LogP contribution in [-0.2, 0) is 9.05 Å². The average molecular weight is 324 g/mol. The van der Waals surface area contributed by atoms with Crippen LogP contribution in [0.15, 0.2) is 21.5 Å². The normalized spacial score (nSPS) is 11.7. The summed E-state index contributed by atoms with van der Waals surface area (Å²) in [5, 5.41) is -0.00861. The predicted molar refractivity (Wildman–Crippen MR) is 57.2 cm³/mol. The summed E-state index contributed by atoms with van der Waals surface area (Å²) in [6.07, 6.45) is 0. The third-order valence-electron chi connectivity index (χ3n) is 1.25. The van der Waals surface area contributed by atoms with E-state index in [1.54, 1.807) is 0 Å². The first-order valence-corrected chi connectivity index (χ1v) is 6.78. The minimum atomic E-state index is -3.91. The Bertz CT molecular complexity index is 443. The number of hydrogen-bond donors (Lipinski definition) is 0. The third kappa shape index (κ3) is 2.50. The summed E-state index contributed by atoms with van der Waals surface area (Å²) in [6, 6.07) is 2.93. The van der Waals surface area contributed by atoms with Crippen LogP contribution in [0, 0.1) is 0 Å². The Labute approximate surface area is 98.3 Å². The van der Waals surface area contributed by atoms with Crippen LogP contribution in [0.2, 0.25) is 10.0 Å². The van der Waals surface area contributed by atoms with Gasteiger partial charge in [-0.3, -0.25) is 0 Å². The van der Waals surface area contributed by atoms with Gasteiger partial charge >= 0.3 is 0 Å². The van der Waals surface area contributed by atoms with Crippen molar-refractivity contribution in [3.8, 4) is 0 Å². The second-order valence-corrected chi connectivity index (χ2v) is 6.25. The van der Waals surface area contributed by atoms with Crippen LogP contribution in [0.25, 0.3) is 0 Å². The Morgan fingerprint density at radius 1 is 1.23 bits per heavy atom. The van der Waals surface area contributed by atoms with Gasteiger partial charge in [-0.25, -0.2) is 8.42 Å². The molecule has 1 aromatic rings. The van der Waals surface area contributed by atoms with Gasteiger partial charge in [0.1, 0.15) is 4.90 Å². The minimum Gasteiger partial charge on any atom is -0.207 e. The molecule has 0 saturated heterocycles. The lowest BCUT2D eigenvalue weighted by Crippen LogP contribution is -1.93. The SMILES string of the molecule is O=S(=O)(Cl)c1c(Cl)ccc(Br)c1Cl. The van der Waals surface area contributed by atoms with Crippen molar-refractivity contribution in [2.45, 2.75) is 4.90 Å². The van der Waals surface area contributed by atoms with E-state index in [0.29, 0.717) is 4.47 Å². The van der Waals surface area contributed by atoms with Crippen LogP contribution in [-0.4, -0.2) is 8.42 Å². The van der Waals surface area contributed by atoms with Crippen LogP contribution in [0.5, 0.6) is 0 Å². The zero-order valence-electron chi connectivity index (χ0n) is 5.89. The summed E-state index contributed by atoms with van der Waals surface area (Å²) in [5.41, 5.74) is 0. The van der Waals surface area contributed by atoms with E-state index in [-0.39, 0.29) is 14.9 Å². The molecule has 7 heteroatoms. The Morgan fingerprint density at radius 3 is 2.15 bits per heavy atom. The summed E-state index contributed by atoms with van der Waals surface area (Å²) >= 11 is 14.4. The fourth-order valence-electron chi connectivity index (χ4n) is 0.732. The molecule has 1 rings (SSSR count). The molecule has 13 heavy (non-hydrogen) atoms. The largest absolute Gasteiger partial charge is 0.264 e. The summed E-state index contributed by atoms with van der Waals surface area (Å²) in [5.74, 6) is 0. The lowest BCUT2D eigenvalue weighted by Gasteiger charge is -2.03. The summed E-state index contributed by atoms with van der Waals surface area (Å²) < 4.78 is 22.4. The maximum absolute atomic E-state index is 11.0. The van der Waals surface area contributed by atoms with Crippen LogP contribution in [0.1, 0.15) is 0 Å². The Morgan fingerprint density at radius 2 is 1.77 bits per heavy atom. The van der Waals surface area contributed by atoms with E-state index >= 15 is 0 Å². The van der Waals surface area contributed by atoms with Gasteiger partial charge in [0, 0.05) is 15.2 Å². The standard InChI is InChI=1S/C6H2BrCl3O2S/c7-3-1-2-4(8)6(5(3)9)13(10,11)12/h1-2H. The molecule has 0 aliphatic heterocycles. The zero-order valence-corrected chi connectivity index (χ0v) is 10.6. The van der Waals surface area contributed by atoms with Gasteiger partial charge in [-0.1, -0.05) is 23.2 Å². The molecule has 0 aromatic heterocycles. The minimum absolute atomic E-state index is 0.00296. The van der Waals surface area contributed by atoms with E-state index < -0.39 is 9.05 Å².